The Morgan fingerprint density at radius 1 is 1.15 bits per heavy atom. The maximum atomic E-state index is 12.4. The number of nitrogens with zero attached hydrogens (tertiary/aromatic N) is 1. The molecule has 0 unspecified atom stereocenters. The van der Waals surface area contributed by atoms with Crippen molar-refractivity contribution in [3.05, 3.63) is 64.8 Å². The molecule has 0 spiro atoms. The van der Waals surface area contributed by atoms with E-state index in [9.17, 15) is 9.59 Å². The van der Waals surface area contributed by atoms with Crippen molar-refractivity contribution in [3.8, 4) is 0 Å². The second kappa shape index (κ2) is 8.05. The van der Waals surface area contributed by atoms with Crippen molar-refractivity contribution in [2.24, 2.45) is 0 Å². The summed E-state index contributed by atoms with van der Waals surface area (Å²) in [6, 6.07) is 13.1. The molecule has 0 saturated heterocycles. The molecule has 2 aromatic carbocycles. The minimum absolute atomic E-state index is 0.203. The summed E-state index contributed by atoms with van der Waals surface area (Å²) in [5.74, 6) is -0.306. The number of fused-ring (bicyclic) bond motifs is 1. The molecule has 7 heteroatoms. The monoisotopic (exact) mass is 383 g/mol. The zero-order valence-electron chi connectivity index (χ0n) is 14.9. The fraction of sp³-hybridized carbons (Fsp3) is 0.150. The largest absolute Gasteiger partial charge is 0.468 e. The van der Waals surface area contributed by atoms with Crippen LogP contribution in [0.2, 0.25) is 5.02 Å². The lowest BCUT2D eigenvalue weighted by molar-refractivity contribution is -0.139. The number of benzene rings is 2. The lowest BCUT2D eigenvalue weighted by Crippen LogP contribution is -2.30. The van der Waals surface area contributed by atoms with Crippen LogP contribution < -0.4 is 10.6 Å². The summed E-state index contributed by atoms with van der Waals surface area (Å²) < 4.78 is 4.54. The Bertz CT molecular complexity index is 1020. The van der Waals surface area contributed by atoms with Crippen molar-refractivity contribution in [2.75, 3.05) is 19.0 Å². The first-order valence-electron chi connectivity index (χ1n) is 8.25. The number of carbonyl (C=O) groups excluding carboxylic acids is 2. The quantitative estimate of drug-likeness (QED) is 0.654. The molecule has 138 valence electrons. The molecule has 1 aromatic heterocycles. The third-order valence-corrected chi connectivity index (χ3v) is 4.50. The van der Waals surface area contributed by atoms with Crippen LogP contribution in [0.5, 0.6) is 0 Å². The normalized spacial score (nSPS) is 10.5. The number of nitrogens with one attached hydrogen (secondary N) is 2. The van der Waals surface area contributed by atoms with Gasteiger partial charge in [-0.2, -0.15) is 0 Å². The van der Waals surface area contributed by atoms with Gasteiger partial charge in [0.15, 0.2) is 0 Å². The first-order chi connectivity index (χ1) is 13.0. The van der Waals surface area contributed by atoms with Crippen LogP contribution in [0, 0.1) is 6.92 Å². The Kier molecular flexibility index (Phi) is 5.57. The van der Waals surface area contributed by atoms with Gasteiger partial charge >= 0.3 is 5.97 Å². The molecule has 0 aliphatic rings. The molecule has 1 heterocycles. The molecule has 6 nitrogen and oxygen atoms in total. The highest BCUT2D eigenvalue weighted by Gasteiger charge is 2.15. The first kappa shape index (κ1) is 18.7. The fourth-order valence-corrected chi connectivity index (χ4v) is 2.78. The molecule has 0 atom stereocenters. The number of amides is 1. The molecule has 0 fully saturated rings. The number of hydrogen-bond acceptors (Lipinski definition) is 5. The molecule has 0 radical (unpaired) electrons. The summed E-state index contributed by atoms with van der Waals surface area (Å²) >= 11 is 6.19. The maximum Gasteiger partial charge on any atom is 0.325 e. The van der Waals surface area contributed by atoms with Gasteiger partial charge in [-0.05, 0) is 30.0 Å². The average molecular weight is 384 g/mol. The number of esters is 1. The van der Waals surface area contributed by atoms with Gasteiger partial charge in [0.1, 0.15) is 12.4 Å². The lowest BCUT2D eigenvalue weighted by atomic mass is 10.1. The molecular weight excluding hydrogens is 366 g/mol. The van der Waals surface area contributed by atoms with E-state index in [0.717, 1.165) is 22.0 Å². The zero-order chi connectivity index (χ0) is 19.4. The number of anilines is 2. The van der Waals surface area contributed by atoms with E-state index in [4.69, 9.17) is 11.6 Å². The number of carbonyl (C=O) groups is 2. The predicted molar refractivity (Wildman–Crippen MR) is 106 cm³/mol. The molecule has 0 aliphatic heterocycles. The number of methoxy groups -OCH3 is 1. The van der Waals surface area contributed by atoms with Gasteiger partial charge in [0.25, 0.3) is 5.91 Å². The predicted octanol–water partition coefficient (Wildman–Crippen LogP) is 3.84. The highest BCUT2D eigenvalue weighted by Crippen LogP contribution is 2.28. The lowest BCUT2D eigenvalue weighted by Gasteiger charge is -2.13. The second-order valence-electron chi connectivity index (χ2n) is 5.91. The van der Waals surface area contributed by atoms with E-state index >= 15 is 0 Å². The van der Waals surface area contributed by atoms with Crippen molar-refractivity contribution in [1.82, 2.24) is 10.3 Å². The SMILES string of the molecule is COC(=O)CNC(=O)c1cnc(Nc2ccc(C)c(Cl)c2)c2ccccc12. The van der Waals surface area contributed by atoms with Gasteiger partial charge in [0.05, 0.1) is 12.7 Å². The maximum absolute atomic E-state index is 12.4. The molecule has 27 heavy (non-hydrogen) atoms. The van der Waals surface area contributed by atoms with E-state index in [0.29, 0.717) is 16.4 Å². The van der Waals surface area contributed by atoms with Crippen molar-refractivity contribution in [1.29, 1.82) is 0 Å². The Labute approximate surface area is 161 Å². The van der Waals surface area contributed by atoms with Crippen LogP contribution >= 0.6 is 11.6 Å². The molecule has 3 aromatic rings. The van der Waals surface area contributed by atoms with Crippen LogP contribution in [0.4, 0.5) is 11.5 Å². The van der Waals surface area contributed by atoms with Crippen LogP contribution in [0.1, 0.15) is 15.9 Å². The van der Waals surface area contributed by atoms with Gasteiger partial charge in [-0.25, -0.2) is 4.98 Å². The average Bonchev–Trinajstić information content (AvgIpc) is 2.69. The summed E-state index contributed by atoms with van der Waals surface area (Å²) in [5, 5.41) is 7.92. The molecule has 0 aliphatic carbocycles. The van der Waals surface area contributed by atoms with E-state index in [2.05, 4.69) is 20.4 Å². The topological polar surface area (TPSA) is 80.3 Å². The number of aromatic nitrogens is 1. The standard InChI is InChI=1S/C20H18ClN3O3/c1-12-7-8-13(9-17(12)21)24-19-15-6-4-3-5-14(15)16(10-22-19)20(26)23-11-18(25)27-2/h3-10H,11H2,1-2H3,(H,22,24)(H,23,26). The van der Waals surface area contributed by atoms with Crippen LogP contribution in [0.15, 0.2) is 48.7 Å². The second-order valence-corrected chi connectivity index (χ2v) is 6.32. The minimum atomic E-state index is -0.518. The first-order valence-corrected chi connectivity index (χ1v) is 8.63. The van der Waals surface area contributed by atoms with Gasteiger partial charge in [-0.1, -0.05) is 41.9 Å². The Morgan fingerprint density at radius 2 is 1.89 bits per heavy atom. The Balaban J connectivity index is 1.94. The van der Waals surface area contributed by atoms with E-state index in [-0.39, 0.29) is 6.54 Å². The van der Waals surface area contributed by atoms with E-state index < -0.39 is 11.9 Å². The molecule has 0 bridgehead atoms. The summed E-state index contributed by atoms with van der Waals surface area (Å²) in [5.41, 5.74) is 2.16. The van der Waals surface area contributed by atoms with Crippen LogP contribution in [0.25, 0.3) is 10.8 Å². The van der Waals surface area contributed by atoms with Gasteiger partial charge < -0.3 is 15.4 Å². The summed E-state index contributed by atoms with van der Waals surface area (Å²) in [6.45, 7) is 1.73. The summed E-state index contributed by atoms with van der Waals surface area (Å²) in [7, 11) is 1.27. The number of ether oxygens (including phenoxy) is 1. The third-order valence-electron chi connectivity index (χ3n) is 4.10. The van der Waals surface area contributed by atoms with Gasteiger partial charge in [-0.15, -0.1) is 0 Å². The van der Waals surface area contributed by atoms with E-state index in [1.165, 1.54) is 13.3 Å². The van der Waals surface area contributed by atoms with E-state index in [1.54, 1.807) is 0 Å². The number of aryl methyl sites for hydroxylation is 1. The number of pyridine rings is 1. The number of rotatable bonds is 5. The van der Waals surface area contributed by atoms with Crippen molar-refractivity contribution >= 4 is 45.8 Å². The van der Waals surface area contributed by atoms with Gasteiger partial charge in [-0.3, -0.25) is 9.59 Å². The Hall–Kier alpha value is -3.12. The molecule has 3 rings (SSSR count). The van der Waals surface area contributed by atoms with Crippen LogP contribution in [-0.2, 0) is 9.53 Å². The van der Waals surface area contributed by atoms with Crippen molar-refractivity contribution in [3.63, 3.8) is 0 Å². The van der Waals surface area contributed by atoms with E-state index in [1.807, 2.05) is 49.4 Å². The summed E-state index contributed by atoms with van der Waals surface area (Å²) in [6.07, 6.45) is 1.48. The molecular formula is C20H18ClN3O3. The van der Waals surface area contributed by atoms with Gasteiger partial charge in [0, 0.05) is 22.3 Å². The summed E-state index contributed by atoms with van der Waals surface area (Å²) in [4.78, 5) is 28.1. The van der Waals surface area contributed by atoms with Gasteiger partial charge in [0.2, 0.25) is 0 Å². The Morgan fingerprint density at radius 3 is 2.59 bits per heavy atom. The third kappa shape index (κ3) is 4.17. The smallest absolute Gasteiger partial charge is 0.325 e. The van der Waals surface area contributed by atoms with Crippen LogP contribution in [0.3, 0.4) is 0 Å². The van der Waals surface area contributed by atoms with Crippen molar-refractivity contribution in [2.45, 2.75) is 6.92 Å². The molecule has 1 amide bonds. The fourth-order valence-electron chi connectivity index (χ4n) is 2.60. The molecule has 0 saturated carbocycles. The minimum Gasteiger partial charge on any atom is -0.468 e. The zero-order valence-corrected chi connectivity index (χ0v) is 15.6. The number of hydrogen-bond donors (Lipinski definition) is 2. The molecule has 2 N–H and O–H groups in total. The highest BCUT2D eigenvalue weighted by molar-refractivity contribution is 6.31. The van der Waals surface area contributed by atoms with Crippen molar-refractivity contribution < 1.29 is 14.3 Å². The number of halogens is 1. The highest BCUT2D eigenvalue weighted by atomic mass is 35.5. The van der Waals surface area contributed by atoms with Crippen LogP contribution in [-0.4, -0.2) is 30.5 Å².